The van der Waals surface area contributed by atoms with Crippen LogP contribution in [0, 0.1) is 0 Å². The standard InChI is InChI=1S/C19H23N3O3/c23-17(20-13-6-1-2-7-13)12-22-15-9-4-3-8-14(15)18(24)21-11-5-10-16(21)19(22)25/h3-4,8-9,13,16H,1-2,5-7,10-12H2,(H,20,23). The number of fused-ring (bicyclic) bond motifs is 2. The maximum atomic E-state index is 13.1. The average molecular weight is 341 g/mol. The Kier molecular flexibility index (Phi) is 4.19. The molecule has 1 atom stereocenters. The molecule has 25 heavy (non-hydrogen) atoms. The minimum absolute atomic E-state index is 0.0238. The fourth-order valence-corrected chi connectivity index (χ4v) is 4.26. The van der Waals surface area contributed by atoms with Crippen LogP contribution >= 0.6 is 0 Å². The second-order valence-electron chi connectivity index (χ2n) is 7.15. The summed E-state index contributed by atoms with van der Waals surface area (Å²) in [5.41, 5.74) is 1.06. The van der Waals surface area contributed by atoms with Crippen LogP contribution in [-0.2, 0) is 9.59 Å². The molecule has 3 amide bonds. The molecule has 0 aromatic heterocycles. The Balaban J connectivity index is 1.62. The lowest BCUT2D eigenvalue weighted by molar-refractivity contribution is -0.126. The van der Waals surface area contributed by atoms with Crippen molar-refractivity contribution in [2.75, 3.05) is 18.0 Å². The van der Waals surface area contributed by atoms with Crippen molar-refractivity contribution in [3.8, 4) is 0 Å². The van der Waals surface area contributed by atoms with E-state index in [4.69, 9.17) is 0 Å². The molecule has 0 radical (unpaired) electrons. The average Bonchev–Trinajstić information content (AvgIpc) is 3.28. The third-order valence-electron chi connectivity index (χ3n) is 5.51. The van der Waals surface area contributed by atoms with Crippen LogP contribution in [0.3, 0.4) is 0 Å². The highest BCUT2D eigenvalue weighted by Crippen LogP contribution is 2.32. The van der Waals surface area contributed by atoms with Crippen molar-refractivity contribution in [1.82, 2.24) is 10.2 Å². The van der Waals surface area contributed by atoms with Gasteiger partial charge in [0, 0.05) is 12.6 Å². The lowest BCUT2D eigenvalue weighted by atomic mass is 10.1. The Morgan fingerprint density at radius 3 is 2.64 bits per heavy atom. The van der Waals surface area contributed by atoms with Gasteiger partial charge in [-0.15, -0.1) is 0 Å². The topological polar surface area (TPSA) is 69.7 Å². The summed E-state index contributed by atoms with van der Waals surface area (Å²) in [5.74, 6) is -0.392. The van der Waals surface area contributed by atoms with Crippen molar-refractivity contribution >= 4 is 23.4 Å². The second kappa shape index (κ2) is 6.50. The number of rotatable bonds is 3. The first kappa shape index (κ1) is 16.1. The van der Waals surface area contributed by atoms with Gasteiger partial charge in [-0.05, 0) is 37.8 Å². The fourth-order valence-electron chi connectivity index (χ4n) is 4.26. The molecular formula is C19H23N3O3. The van der Waals surface area contributed by atoms with E-state index >= 15 is 0 Å². The number of hydrogen-bond acceptors (Lipinski definition) is 3. The largest absolute Gasteiger partial charge is 0.352 e. The number of nitrogens with zero attached hydrogens (tertiary/aromatic N) is 2. The van der Waals surface area contributed by atoms with E-state index in [1.807, 2.05) is 0 Å². The van der Waals surface area contributed by atoms with Crippen molar-refractivity contribution < 1.29 is 14.4 Å². The molecule has 1 saturated carbocycles. The third-order valence-corrected chi connectivity index (χ3v) is 5.51. The molecule has 132 valence electrons. The Morgan fingerprint density at radius 1 is 1.08 bits per heavy atom. The third kappa shape index (κ3) is 2.90. The Bertz CT molecular complexity index is 712. The summed E-state index contributed by atoms with van der Waals surface area (Å²) in [4.78, 5) is 41.6. The van der Waals surface area contributed by atoms with Gasteiger partial charge in [-0.1, -0.05) is 25.0 Å². The van der Waals surface area contributed by atoms with E-state index in [2.05, 4.69) is 5.32 Å². The van der Waals surface area contributed by atoms with Crippen molar-refractivity contribution in [3.63, 3.8) is 0 Å². The number of carbonyl (C=O) groups is 3. The molecule has 1 aromatic carbocycles. The van der Waals surface area contributed by atoms with E-state index < -0.39 is 6.04 Å². The zero-order valence-electron chi connectivity index (χ0n) is 14.2. The van der Waals surface area contributed by atoms with Crippen LogP contribution in [0.25, 0.3) is 0 Å². The Hall–Kier alpha value is -2.37. The number of carbonyl (C=O) groups excluding carboxylic acids is 3. The number of amides is 3. The van der Waals surface area contributed by atoms with Crippen LogP contribution in [0.1, 0.15) is 48.9 Å². The van der Waals surface area contributed by atoms with Gasteiger partial charge in [0.25, 0.3) is 5.91 Å². The summed E-state index contributed by atoms with van der Waals surface area (Å²) in [6.07, 6.45) is 5.78. The highest BCUT2D eigenvalue weighted by Gasteiger charge is 2.42. The summed E-state index contributed by atoms with van der Waals surface area (Å²) in [6, 6.07) is 6.88. The van der Waals surface area contributed by atoms with Gasteiger partial charge in [-0.25, -0.2) is 0 Å². The molecule has 1 aromatic rings. The minimum Gasteiger partial charge on any atom is -0.352 e. The molecule has 4 rings (SSSR count). The van der Waals surface area contributed by atoms with Crippen molar-refractivity contribution in [3.05, 3.63) is 29.8 Å². The number of benzene rings is 1. The Labute approximate surface area is 147 Å². The summed E-state index contributed by atoms with van der Waals surface area (Å²) in [5, 5.41) is 3.04. The fraction of sp³-hybridized carbons (Fsp3) is 0.526. The van der Waals surface area contributed by atoms with Crippen LogP contribution in [0.5, 0.6) is 0 Å². The number of nitrogens with one attached hydrogen (secondary N) is 1. The number of anilines is 1. The molecule has 2 fully saturated rings. The van der Waals surface area contributed by atoms with Gasteiger partial charge < -0.3 is 15.1 Å². The quantitative estimate of drug-likeness (QED) is 0.910. The van der Waals surface area contributed by atoms with Crippen LogP contribution in [0.2, 0.25) is 0 Å². The predicted octanol–water partition coefficient (Wildman–Crippen LogP) is 1.70. The molecule has 6 heteroatoms. The minimum atomic E-state index is -0.445. The van der Waals surface area contributed by atoms with E-state index in [0.717, 1.165) is 32.1 Å². The van der Waals surface area contributed by atoms with Crippen LogP contribution in [0.15, 0.2) is 24.3 Å². The molecule has 1 N–H and O–H groups in total. The summed E-state index contributed by atoms with van der Waals surface area (Å²) < 4.78 is 0. The molecule has 0 bridgehead atoms. The van der Waals surface area contributed by atoms with Crippen LogP contribution < -0.4 is 10.2 Å². The van der Waals surface area contributed by atoms with E-state index in [-0.39, 0.29) is 30.3 Å². The molecule has 6 nitrogen and oxygen atoms in total. The first-order valence-corrected chi connectivity index (χ1v) is 9.16. The molecule has 1 saturated heterocycles. The van der Waals surface area contributed by atoms with E-state index in [9.17, 15) is 14.4 Å². The van der Waals surface area contributed by atoms with E-state index in [0.29, 0.717) is 24.2 Å². The van der Waals surface area contributed by atoms with E-state index in [1.165, 1.54) is 4.90 Å². The first-order chi connectivity index (χ1) is 12.1. The first-order valence-electron chi connectivity index (χ1n) is 9.16. The Morgan fingerprint density at radius 2 is 1.84 bits per heavy atom. The highest BCUT2D eigenvalue weighted by atomic mass is 16.2. The summed E-state index contributed by atoms with van der Waals surface area (Å²) in [7, 11) is 0. The maximum Gasteiger partial charge on any atom is 0.256 e. The summed E-state index contributed by atoms with van der Waals surface area (Å²) >= 11 is 0. The molecule has 1 unspecified atom stereocenters. The molecule has 2 heterocycles. The molecule has 3 aliphatic rings. The predicted molar refractivity (Wildman–Crippen MR) is 93.3 cm³/mol. The normalized spacial score (nSPS) is 23.4. The van der Waals surface area contributed by atoms with Gasteiger partial charge in [0.1, 0.15) is 12.6 Å². The van der Waals surface area contributed by atoms with Crippen molar-refractivity contribution in [2.24, 2.45) is 0 Å². The lowest BCUT2D eigenvalue weighted by Crippen LogP contribution is -2.49. The monoisotopic (exact) mass is 341 g/mol. The number of hydrogen-bond donors (Lipinski definition) is 1. The van der Waals surface area contributed by atoms with Crippen molar-refractivity contribution in [2.45, 2.75) is 50.6 Å². The van der Waals surface area contributed by atoms with E-state index in [1.54, 1.807) is 29.2 Å². The van der Waals surface area contributed by atoms with Crippen LogP contribution in [0.4, 0.5) is 5.69 Å². The number of para-hydroxylation sites is 1. The van der Waals surface area contributed by atoms with Gasteiger partial charge in [0.05, 0.1) is 11.3 Å². The maximum absolute atomic E-state index is 13.1. The smallest absolute Gasteiger partial charge is 0.256 e. The van der Waals surface area contributed by atoms with Gasteiger partial charge in [0.2, 0.25) is 11.8 Å². The van der Waals surface area contributed by atoms with Gasteiger partial charge in [-0.3, -0.25) is 14.4 Å². The molecular weight excluding hydrogens is 318 g/mol. The van der Waals surface area contributed by atoms with Crippen molar-refractivity contribution in [1.29, 1.82) is 0 Å². The summed E-state index contributed by atoms with van der Waals surface area (Å²) in [6.45, 7) is 0.579. The zero-order chi connectivity index (χ0) is 17.4. The SMILES string of the molecule is O=C(CN1C(=O)C2CCCN2C(=O)c2ccccc21)NC1CCCC1. The highest BCUT2D eigenvalue weighted by molar-refractivity contribution is 6.12. The van der Waals surface area contributed by atoms with Gasteiger partial charge >= 0.3 is 0 Å². The van der Waals surface area contributed by atoms with Crippen LogP contribution in [-0.4, -0.2) is 47.8 Å². The molecule has 1 aliphatic carbocycles. The molecule has 2 aliphatic heterocycles. The molecule has 0 spiro atoms. The van der Waals surface area contributed by atoms with Gasteiger partial charge in [-0.2, -0.15) is 0 Å². The zero-order valence-corrected chi connectivity index (χ0v) is 14.2. The lowest BCUT2D eigenvalue weighted by Gasteiger charge is -2.26. The second-order valence-corrected chi connectivity index (χ2v) is 7.15. The van der Waals surface area contributed by atoms with Gasteiger partial charge in [0.15, 0.2) is 0 Å².